The molecule has 0 aromatic heterocycles. The average molecular weight is 282 g/mol. The lowest BCUT2D eigenvalue weighted by atomic mass is 9.84. The van der Waals surface area contributed by atoms with E-state index in [1.54, 1.807) is 7.05 Å². The Morgan fingerprint density at radius 1 is 1.25 bits per heavy atom. The maximum atomic E-state index is 11.7. The van der Waals surface area contributed by atoms with Gasteiger partial charge in [-0.2, -0.15) is 0 Å². The number of aliphatic carboxylic acids is 1. The fourth-order valence-electron chi connectivity index (χ4n) is 4.41. The van der Waals surface area contributed by atoms with Crippen LogP contribution < -0.4 is 5.32 Å². The summed E-state index contributed by atoms with van der Waals surface area (Å²) in [6.07, 6.45) is 7.75. The van der Waals surface area contributed by atoms with E-state index in [0.29, 0.717) is 12.1 Å². The van der Waals surface area contributed by atoms with E-state index < -0.39 is 11.5 Å². The van der Waals surface area contributed by atoms with Crippen molar-refractivity contribution in [3.63, 3.8) is 0 Å². The van der Waals surface area contributed by atoms with Crippen molar-refractivity contribution in [3.8, 4) is 0 Å². The molecule has 4 nitrogen and oxygen atoms in total. The molecule has 4 heteroatoms. The van der Waals surface area contributed by atoms with E-state index in [9.17, 15) is 9.90 Å². The second kappa shape index (κ2) is 6.44. The van der Waals surface area contributed by atoms with Crippen molar-refractivity contribution in [3.05, 3.63) is 0 Å². The van der Waals surface area contributed by atoms with E-state index >= 15 is 0 Å². The molecule has 2 unspecified atom stereocenters. The third kappa shape index (κ3) is 2.86. The Balaban J connectivity index is 1.97. The van der Waals surface area contributed by atoms with Crippen LogP contribution in [0.15, 0.2) is 0 Å². The molecule has 0 aromatic carbocycles. The first-order chi connectivity index (χ1) is 9.51. The van der Waals surface area contributed by atoms with Crippen LogP contribution in [-0.2, 0) is 4.79 Å². The Hall–Kier alpha value is -0.610. The van der Waals surface area contributed by atoms with Gasteiger partial charge in [0.25, 0.3) is 0 Å². The monoisotopic (exact) mass is 282 g/mol. The Bertz CT molecular complexity index is 337. The van der Waals surface area contributed by atoms with Gasteiger partial charge in [-0.1, -0.05) is 12.8 Å². The lowest BCUT2D eigenvalue weighted by Gasteiger charge is -2.40. The van der Waals surface area contributed by atoms with Gasteiger partial charge in [-0.3, -0.25) is 9.69 Å². The number of carboxylic acid groups (broad SMARTS) is 1. The van der Waals surface area contributed by atoms with Crippen LogP contribution in [0.25, 0.3) is 0 Å². The number of piperidine rings is 1. The van der Waals surface area contributed by atoms with Gasteiger partial charge in [-0.05, 0) is 65.5 Å². The lowest BCUT2D eigenvalue weighted by molar-refractivity contribution is -0.146. The fraction of sp³-hybridized carbons (Fsp3) is 0.938. The van der Waals surface area contributed by atoms with Gasteiger partial charge in [-0.25, -0.2) is 0 Å². The molecule has 116 valence electrons. The van der Waals surface area contributed by atoms with Crippen LogP contribution in [0.5, 0.6) is 0 Å². The number of carboxylic acids is 1. The van der Waals surface area contributed by atoms with E-state index in [1.165, 1.54) is 19.3 Å². The van der Waals surface area contributed by atoms with E-state index in [-0.39, 0.29) is 5.92 Å². The number of rotatable bonds is 5. The van der Waals surface area contributed by atoms with Crippen LogP contribution in [0.4, 0.5) is 0 Å². The molecule has 1 heterocycles. The minimum Gasteiger partial charge on any atom is -0.480 e. The SMILES string of the molecule is CNC1(C(=O)O)CCCC1CCN1[C@H](C)CCC[C@@H]1C. The third-order valence-electron chi connectivity index (χ3n) is 5.76. The van der Waals surface area contributed by atoms with Crippen molar-refractivity contribution in [1.82, 2.24) is 10.2 Å². The predicted molar refractivity (Wildman–Crippen MR) is 80.9 cm³/mol. The van der Waals surface area contributed by atoms with Crippen LogP contribution in [0.3, 0.4) is 0 Å². The molecule has 2 N–H and O–H groups in total. The van der Waals surface area contributed by atoms with Crippen molar-refractivity contribution in [1.29, 1.82) is 0 Å². The van der Waals surface area contributed by atoms with Gasteiger partial charge in [0, 0.05) is 12.1 Å². The summed E-state index contributed by atoms with van der Waals surface area (Å²) in [4.78, 5) is 14.3. The van der Waals surface area contributed by atoms with E-state index in [1.807, 2.05) is 0 Å². The average Bonchev–Trinajstić information content (AvgIpc) is 2.82. The molecule has 2 rings (SSSR count). The van der Waals surface area contributed by atoms with E-state index in [0.717, 1.165) is 32.2 Å². The molecule has 2 aliphatic rings. The molecule has 1 aliphatic heterocycles. The van der Waals surface area contributed by atoms with Crippen LogP contribution in [0, 0.1) is 5.92 Å². The topological polar surface area (TPSA) is 52.6 Å². The minimum atomic E-state index is -0.678. The zero-order valence-corrected chi connectivity index (χ0v) is 13.2. The Labute approximate surface area is 122 Å². The number of likely N-dealkylation sites (tertiary alicyclic amines) is 1. The van der Waals surface area contributed by atoms with Gasteiger partial charge in [0.05, 0.1) is 0 Å². The number of carbonyl (C=O) groups is 1. The number of nitrogens with one attached hydrogen (secondary N) is 1. The highest BCUT2D eigenvalue weighted by atomic mass is 16.4. The Kier molecular flexibility index (Phi) is 5.08. The number of hydrogen-bond donors (Lipinski definition) is 2. The summed E-state index contributed by atoms with van der Waals surface area (Å²) in [7, 11) is 1.80. The summed E-state index contributed by atoms with van der Waals surface area (Å²) >= 11 is 0. The zero-order valence-electron chi connectivity index (χ0n) is 13.2. The van der Waals surface area contributed by atoms with Crippen molar-refractivity contribution < 1.29 is 9.90 Å². The largest absolute Gasteiger partial charge is 0.480 e. The standard InChI is InChI=1S/C16H30N2O2/c1-12-6-4-7-13(2)18(12)11-9-14-8-5-10-16(14,17-3)15(19)20/h12-14,17H,4-11H2,1-3H3,(H,19,20)/t12-,13+,14?,16?. The van der Waals surface area contributed by atoms with Gasteiger partial charge in [0.15, 0.2) is 0 Å². The highest BCUT2D eigenvalue weighted by Crippen LogP contribution is 2.38. The van der Waals surface area contributed by atoms with Gasteiger partial charge in [-0.15, -0.1) is 0 Å². The molecule has 1 aliphatic carbocycles. The Morgan fingerprint density at radius 2 is 1.90 bits per heavy atom. The molecular formula is C16H30N2O2. The molecule has 20 heavy (non-hydrogen) atoms. The number of nitrogens with zero attached hydrogens (tertiary/aromatic N) is 1. The summed E-state index contributed by atoms with van der Waals surface area (Å²) in [5, 5.41) is 12.7. The number of hydrogen-bond acceptors (Lipinski definition) is 3. The molecule has 0 aromatic rings. The molecule has 0 bridgehead atoms. The van der Waals surface area contributed by atoms with Crippen molar-refractivity contribution in [2.45, 2.75) is 76.4 Å². The first-order valence-electron chi connectivity index (χ1n) is 8.19. The molecule has 0 spiro atoms. The molecule has 1 saturated carbocycles. The summed E-state index contributed by atoms with van der Waals surface area (Å²) in [6, 6.07) is 1.29. The molecule has 0 amide bonds. The van der Waals surface area contributed by atoms with Crippen LogP contribution >= 0.6 is 0 Å². The predicted octanol–water partition coefficient (Wildman–Crippen LogP) is 2.48. The molecular weight excluding hydrogens is 252 g/mol. The highest BCUT2D eigenvalue weighted by molar-refractivity contribution is 5.79. The summed E-state index contributed by atoms with van der Waals surface area (Å²) in [5.41, 5.74) is -0.678. The molecule has 4 atom stereocenters. The second-order valence-corrected chi connectivity index (χ2v) is 6.77. The van der Waals surface area contributed by atoms with Gasteiger partial charge in [0.2, 0.25) is 0 Å². The first kappa shape index (κ1) is 15.8. The second-order valence-electron chi connectivity index (χ2n) is 6.77. The van der Waals surface area contributed by atoms with Gasteiger partial charge >= 0.3 is 5.97 Å². The van der Waals surface area contributed by atoms with Crippen LogP contribution in [0.2, 0.25) is 0 Å². The summed E-state index contributed by atoms with van der Waals surface area (Å²) < 4.78 is 0. The van der Waals surface area contributed by atoms with E-state index in [2.05, 4.69) is 24.1 Å². The quantitative estimate of drug-likeness (QED) is 0.813. The summed E-state index contributed by atoms with van der Waals surface area (Å²) in [6.45, 7) is 5.67. The lowest BCUT2D eigenvalue weighted by Crippen LogP contribution is -2.54. The number of likely N-dealkylation sites (N-methyl/N-ethyl adjacent to an activating group) is 1. The van der Waals surface area contributed by atoms with Crippen LogP contribution in [0.1, 0.15) is 58.8 Å². The van der Waals surface area contributed by atoms with E-state index in [4.69, 9.17) is 0 Å². The van der Waals surface area contributed by atoms with Crippen LogP contribution in [-0.4, -0.2) is 47.2 Å². The normalized spacial score (nSPS) is 39.0. The zero-order chi connectivity index (χ0) is 14.8. The van der Waals surface area contributed by atoms with Crippen molar-refractivity contribution >= 4 is 5.97 Å². The maximum Gasteiger partial charge on any atom is 0.324 e. The van der Waals surface area contributed by atoms with Gasteiger partial charge in [0.1, 0.15) is 5.54 Å². The molecule has 0 radical (unpaired) electrons. The van der Waals surface area contributed by atoms with Gasteiger partial charge < -0.3 is 10.4 Å². The van der Waals surface area contributed by atoms with Crippen molar-refractivity contribution in [2.75, 3.05) is 13.6 Å². The smallest absolute Gasteiger partial charge is 0.324 e. The first-order valence-corrected chi connectivity index (χ1v) is 8.19. The Morgan fingerprint density at radius 3 is 2.45 bits per heavy atom. The third-order valence-corrected chi connectivity index (χ3v) is 5.76. The minimum absolute atomic E-state index is 0.270. The maximum absolute atomic E-state index is 11.7. The highest BCUT2D eigenvalue weighted by Gasteiger charge is 2.47. The fourth-order valence-corrected chi connectivity index (χ4v) is 4.41. The molecule has 1 saturated heterocycles. The molecule has 2 fully saturated rings. The summed E-state index contributed by atoms with van der Waals surface area (Å²) in [5.74, 6) is -0.395. The van der Waals surface area contributed by atoms with Crippen molar-refractivity contribution in [2.24, 2.45) is 5.92 Å².